The second-order valence-electron chi connectivity index (χ2n) is 4.46. The molecule has 2 aromatic rings. The van der Waals surface area contributed by atoms with Gasteiger partial charge in [-0.1, -0.05) is 42.0 Å². The third-order valence-corrected chi connectivity index (χ3v) is 4.91. The average Bonchev–Trinajstić information content (AvgIpc) is 2.43. The Labute approximate surface area is 134 Å². The van der Waals surface area contributed by atoms with Crippen molar-refractivity contribution < 1.29 is 8.42 Å². The van der Waals surface area contributed by atoms with E-state index in [1.54, 1.807) is 30.3 Å². The van der Waals surface area contributed by atoms with Gasteiger partial charge in [-0.3, -0.25) is 4.72 Å². The highest BCUT2D eigenvalue weighted by Gasteiger charge is 2.14. The summed E-state index contributed by atoms with van der Waals surface area (Å²) in [7, 11) is -3.68. The Bertz CT molecular complexity index is 787. The van der Waals surface area contributed by atoms with Crippen LogP contribution in [0.5, 0.6) is 0 Å². The topological polar surface area (TPSA) is 72.2 Å². The third kappa shape index (κ3) is 3.72. The van der Waals surface area contributed by atoms with E-state index in [0.29, 0.717) is 16.3 Å². The van der Waals surface area contributed by atoms with E-state index in [9.17, 15) is 8.42 Å². The van der Waals surface area contributed by atoms with E-state index in [4.69, 9.17) is 29.6 Å². The van der Waals surface area contributed by atoms with Crippen LogP contribution in [0.15, 0.2) is 47.4 Å². The molecule has 0 bridgehead atoms. The van der Waals surface area contributed by atoms with Crippen LogP contribution in [0.25, 0.3) is 0 Å². The highest BCUT2D eigenvalue weighted by atomic mass is 35.5. The number of nitrogens with two attached hydrogens (primary N) is 1. The first-order valence-electron chi connectivity index (χ1n) is 5.98. The molecule has 0 spiro atoms. The van der Waals surface area contributed by atoms with E-state index in [-0.39, 0.29) is 9.88 Å². The van der Waals surface area contributed by atoms with Gasteiger partial charge in [0.15, 0.2) is 0 Å². The van der Waals surface area contributed by atoms with E-state index in [2.05, 4.69) is 4.72 Å². The summed E-state index contributed by atoms with van der Waals surface area (Å²) in [5, 5.41) is 0.499. The summed E-state index contributed by atoms with van der Waals surface area (Å²) in [5.74, 6) is 0. The molecular weight excluding hydrogens is 328 g/mol. The molecule has 0 aliphatic heterocycles. The van der Waals surface area contributed by atoms with Crippen molar-refractivity contribution in [2.24, 2.45) is 5.73 Å². The molecule has 2 aromatic carbocycles. The molecule has 0 aliphatic rings. The fourth-order valence-corrected chi connectivity index (χ4v) is 3.03. The first kappa shape index (κ1) is 15.8. The molecule has 0 atom stereocenters. The van der Waals surface area contributed by atoms with Crippen LogP contribution in [-0.4, -0.2) is 13.4 Å². The number of benzene rings is 2. The Morgan fingerprint density at radius 2 is 1.81 bits per heavy atom. The largest absolute Gasteiger partial charge is 0.389 e. The van der Waals surface area contributed by atoms with E-state index >= 15 is 0 Å². The van der Waals surface area contributed by atoms with Crippen molar-refractivity contribution in [2.45, 2.75) is 11.8 Å². The van der Waals surface area contributed by atoms with Crippen LogP contribution >= 0.6 is 23.8 Å². The predicted octanol–water partition coefficient (Wildman–Crippen LogP) is 3.08. The highest BCUT2D eigenvalue weighted by Crippen LogP contribution is 2.22. The second-order valence-corrected chi connectivity index (χ2v) is 6.99. The van der Waals surface area contributed by atoms with Crippen molar-refractivity contribution in [3.63, 3.8) is 0 Å². The van der Waals surface area contributed by atoms with Gasteiger partial charge in [0, 0.05) is 10.6 Å². The fourth-order valence-electron chi connectivity index (χ4n) is 1.67. The molecule has 110 valence electrons. The third-order valence-electron chi connectivity index (χ3n) is 2.87. The van der Waals surface area contributed by atoms with Gasteiger partial charge < -0.3 is 5.73 Å². The zero-order valence-electron chi connectivity index (χ0n) is 11.1. The maximum Gasteiger partial charge on any atom is 0.261 e. The fraction of sp³-hybridized carbons (Fsp3) is 0.0714. The molecule has 3 N–H and O–H groups in total. The van der Waals surface area contributed by atoms with Gasteiger partial charge in [-0.15, -0.1) is 0 Å². The molecule has 0 fully saturated rings. The number of hydrogen-bond acceptors (Lipinski definition) is 3. The Hall–Kier alpha value is -1.63. The quantitative estimate of drug-likeness (QED) is 0.839. The molecule has 21 heavy (non-hydrogen) atoms. The molecule has 2 rings (SSSR count). The minimum Gasteiger partial charge on any atom is -0.389 e. The first-order chi connectivity index (χ1) is 9.79. The minimum absolute atomic E-state index is 0.124. The lowest BCUT2D eigenvalue weighted by Gasteiger charge is -2.09. The van der Waals surface area contributed by atoms with Gasteiger partial charge >= 0.3 is 0 Å². The number of thiocarbonyl (C=S) groups is 1. The van der Waals surface area contributed by atoms with Crippen LogP contribution < -0.4 is 10.5 Å². The van der Waals surface area contributed by atoms with Crippen molar-refractivity contribution in [3.8, 4) is 0 Å². The summed E-state index contributed by atoms with van der Waals surface area (Å²) in [6.07, 6.45) is 0. The van der Waals surface area contributed by atoms with Crippen molar-refractivity contribution in [2.75, 3.05) is 4.72 Å². The smallest absolute Gasteiger partial charge is 0.261 e. The Kier molecular flexibility index (Phi) is 4.51. The van der Waals surface area contributed by atoms with Crippen LogP contribution in [0.1, 0.15) is 11.1 Å². The lowest BCUT2D eigenvalue weighted by atomic mass is 10.2. The van der Waals surface area contributed by atoms with Crippen molar-refractivity contribution in [1.29, 1.82) is 0 Å². The van der Waals surface area contributed by atoms with Crippen LogP contribution in [0.4, 0.5) is 5.69 Å². The molecule has 0 heterocycles. The second kappa shape index (κ2) is 6.01. The first-order valence-corrected chi connectivity index (χ1v) is 8.25. The number of rotatable bonds is 4. The van der Waals surface area contributed by atoms with Crippen LogP contribution in [-0.2, 0) is 10.0 Å². The summed E-state index contributed by atoms with van der Waals surface area (Å²) in [4.78, 5) is 0.344. The van der Waals surface area contributed by atoms with Crippen LogP contribution in [0, 0.1) is 6.92 Å². The normalized spacial score (nSPS) is 11.1. The zero-order chi connectivity index (χ0) is 15.6. The molecule has 0 saturated heterocycles. The van der Waals surface area contributed by atoms with Crippen LogP contribution in [0.2, 0.25) is 5.02 Å². The summed E-state index contributed by atoms with van der Waals surface area (Å²) in [5.41, 5.74) is 7.37. The molecule has 0 aliphatic carbocycles. The van der Waals surface area contributed by atoms with Gasteiger partial charge in [0.05, 0.1) is 10.6 Å². The number of aryl methyl sites for hydroxylation is 1. The average molecular weight is 341 g/mol. The van der Waals surface area contributed by atoms with Gasteiger partial charge in [-0.2, -0.15) is 0 Å². The predicted molar refractivity (Wildman–Crippen MR) is 89.3 cm³/mol. The van der Waals surface area contributed by atoms with Crippen molar-refractivity contribution >= 4 is 44.5 Å². The lowest BCUT2D eigenvalue weighted by molar-refractivity contribution is 0.601. The molecular formula is C14H13ClN2O2S2. The number of hydrogen-bond donors (Lipinski definition) is 2. The number of nitrogens with one attached hydrogen (secondary N) is 1. The maximum atomic E-state index is 12.3. The Morgan fingerprint density at radius 3 is 2.33 bits per heavy atom. The minimum atomic E-state index is -3.68. The molecule has 4 nitrogen and oxygen atoms in total. The summed E-state index contributed by atoms with van der Waals surface area (Å²) in [6.45, 7) is 1.84. The maximum absolute atomic E-state index is 12.3. The van der Waals surface area contributed by atoms with E-state index in [1.165, 1.54) is 12.1 Å². The van der Waals surface area contributed by atoms with Gasteiger partial charge in [-0.05, 0) is 36.8 Å². The molecule has 0 saturated carbocycles. The summed E-state index contributed by atoms with van der Waals surface area (Å²) in [6, 6.07) is 11.0. The monoisotopic (exact) mass is 340 g/mol. The Balaban J connectivity index is 2.29. The van der Waals surface area contributed by atoms with E-state index < -0.39 is 10.0 Å². The van der Waals surface area contributed by atoms with Gasteiger partial charge in [-0.25, -0.2) is 8.42 Å². The highest BCUT2D eigenvalue weighted by molar-refractivity contribution is 7.92. The summed E-state index contributed by atoms with van der Waals surface area (Å²) < 4.78 is 27.0. The number of sulfonamides is 1. The van der Waals surface area contributed by atoms with Crippen molar-refractivity contribution in [3.05, 3.63) is 58.6 Å². The molecule has 0 unspecified atom stereocenters. The van der Waals surface area contributed by atoms with Gasteiger partial charge in [0.1, 0.15) is 4.99 Å². The van der Waals surface area contributed by atoms with E-state index in [1.807, 2.05) is 6.92 Å². The molecule has 7 heteroatoms. The number of anilines is 1. The van der Waals surface area contributed by atoms with E-state index in [0.717, 1.165) is 5.56 Å². The zero-order valence-corrected chi connectivity index (χ0v) is 13.5. The summed E-state index contributed by atoms with van der Waals surface area (Å²) >= 11 is 10.8. The van der Waals surface area contributed by atoms with Gasteiger partial charge in [0.2, 0.25) is 0 Å². The molecule has 0 amide bonds. The SMILES string of the molecule is Cc1ccc(NS(=O)(=O)c2ccc(C(N)=S)cc2)cc1Cl. The van der Waals surface area contributed by atoms with Crippen LogP contribution in [0.3, 0.4) is 0 Å². The standard InChI is InChI=1S/C14H13ClN2O2S2/c1-9-2-5-11(8-13(9)15)17-21(18,19)12-6-3-10(4-7-12)14(16)20/h2-8,17H,1H3,(H2,16,20). The van der Waals surface area contributed by atoms with Crippen molar-refractivity contribution in [1.82, 2.24) is 0 Å². The van der Waals surface area contributed by atoms with Gasteiger partial charge in [0.25, 0.3) is 10.0 Å². The lowest BCUT2D eigenvalue weighted by Crippen LogP contribution is -2.14. The molecule has 0 radical (unpaired) electrons. The number of halogens is 1. The Morgan fingerprint density at radius 1 is 1.19 bits per heavy atom. The molecule has 0 aromatic heterocycles.